The minimum Gasteiger partial charge on any atom is -0.504 e. The van der Waals surface area contributed by atoms with Gasteiger partial charge in [0.05, 0.1) is 29.3 Å². The fraction of sp³-hybridized carbons (Fsp3) is 0.0625. The highest BCUT2D eigenvalue weighted by atomic mass is 16.3. The van der Waals surface area contributed by atoms with Gasteiger partial charge in [0.15, 0.2) is 11.5 Å². The van der Waals surface area contributed by atoms with Gasteiger partial charge in [-0.15, -0.1) is 0 Å². The zero-order chi connectivity index (χ0) is 15.9. The number of phenolic OH excluding ortho intramolecular Hbond substituents is 2. The Balaban J connectivity index is 1.99. The first kappa shape index (κ1) is 13.6. The SMILES string of the molecule is N#Cc1cc(O)c(O)cc1CN1C(=O)c2ccccc2C1=O. The Morgan fingerprint density at radius 1 is 1.00 bits per heavy atom. The Morgan fingerprint density at radius 3 is 2.09 bits per heavy atom. The van der Waals surface area contributed by atoms with Crippen LogP contribution in [0, 0.1) is 11.3 Å². The highest BCUT2D eigenvalue weighted by Crippen LogP contribution is 2.31. The lowest BCUT2D eigenvalue weighted by atomic mass is 10.1. The molecule has 0 fully saturated rings. The van der Waals surface area contributed by atoms with E-state index >= 15 is 0 Å². The van der Waals surface area contributed by atoms with Gasteiger partial charge >= 0.3 is 0 Å². The predicted molar refractivity (Wildman–Crippen MR) is 75.1 cm³/mol. The molecule has 6 nitrogen and oxygen atoms in total. The number of nitrogens with zero attached hydrogens (tertiary/aromatic N) is 2. The molecule has 0 saturated heterocycles. The summed E-state index contributed by atoms with van der Waals surface area (Å²) in [5.41, 5.74) is 1.00. The van der Waals surface area contributed by atoms with E-state index in [0.29, 0.717) is 11.1 Å². The normalized spacial score (nSPS) is 13.1. The third kappa shape index (κ3) is 1.96. The zero-order valence-electron chi connectivity index (χ0n) is 11.3. The first-order valence-corrected chi connectivity index (χ1v) is 6.43. The average molecular weight is 294 g/mol. The number of imide groups is 1. The maximum absolute atomic E-state index is 12.3. The van der Waals surface area contributed by atoms with Crippen molar-refractivity contribution in [1.82, 2.24) is 4.90 Å². The number of nitriles is 1. The van der Waals surface area contributed by atoms with Gasteiger partial charge in [0.2, 0.25) is 0 Å². The van der Waals surface area contributed by atoms with Crippen molar-refractivity contribution in [3.8, 4) is 17.6 Å². The number of aromatic hydroxyl groups is 2. The maximum Gasteiger partial charge on any atom is 0.261 e. The van der Waals surface area contributed by atoms with E-state index in [0.717, 1.165) is 11.0 Å². The molecule has 0 unspecified atom stereocenters. The van der Waals surface area contributed by atoms with Crippen molar-refractivity contribution in [2.75, 3.05) is 0 Å². The number of hydrogen-bond donors (Lipinski definition) is 2. The molecule has 0 spiro atoms. The topological polar surface area (TPSA) is 102 Å². The highest BCUT2D eigenvalue weighted by molar-refractivity contribution is 6.21. The molecule has 22 heavy (non-hydrogen) atoms. The van der Waals surface area contributed by atoms with E-state index in [9.17, 15) is 19.8 Å². The molecule has 3 rings (SSSR count). The Kier molecular flexibility index (Phi) is 3.04. The molecule has 1 heterocycles. The van der Waals surface area contributed by atoms with Crippen LogP contribution in [0.15, 0.2) is 36.4 Å². The fourth-order valence-electron chi connectivity index (χ4n) is 2.41. The smallest absolute Gasteiger partial charge is 0.261 e. The molecule has 0 radical (unpaired) electrons. The molecule has 2 N–H and O–H groups in total. The Labute approximate surface area is 125 Å². The molecule has 0 aromatic heterocycles. The first-order chi connectivity index (χ1) is 10.5. The van der Waals surface area contributed by atoms with E-state index < -0.39 is 23.3 Å². The van der Waals surface area contributed by atoms with Gasteiger partial charge in [0, 0.05) is 6.07 Å². The summed E-state index contributed by atoms with van der Waals surface area (Å²) in [5.74, 6) is -1.73. The van der Waals surface area contributed by atoms with Crippen molar-refractivity contribution >= 4 is 11.8 Å². The van der Waals surface area contributed by atoms with Gasteiger partial charge in [0.25, 0.3) is 11.8 Å². The molecule has 0 aliphatic carbocycles. The van der Waals surface area contributed by atoms with Crippen molar-refractivity contribution < 1.29 is 19.8 Å². The molecule has 6 heteroatoms. The summed E-state index contributed by atoms with van der Waals surface area (Å²) in [7, 11) is 0. The lowest BCUT2D eigenvalue weighted by Crippen LogP contribution is -2.29. The third-order valence-electron chi connectivity index (χ3n) is 3.53. The van der Waals surface area contributed by atoms with Crippen LogP contribution in [-0.4, -0.2) is 26.9 Å². The standard InChI is InChI=1S/C16H10N2O4/c17-7-9-5-13(19)14(20)6-10(9)8-18-15(21)11-3-1-2-4-12(11)16(18)22/h1-6,19-20H,8H2. The number of benzene rings is 2. The van der Waals surface area contributed by atoms with Gasteiger partial charge in [-0.3, -0.25) is 14.5 Å². The van der Waals surface area contributed by atoms with Gasteiger partial charge in [-0.25, -0.2) is 0 Å². The van der Waals surface area contributed by atoms with Crippen LogP contribution in [0.1, 0.15) is 31.8 Å². The average Bonchev–Trinajstić information content (AvgIpc) is 2.76. The van der Waals surface area contributed by atoms with E-state index in [1.165, 1.54) is 6.07 Å². The van der Waals surface area contributed by atoms with E-state index in [4.69, 9.17) is 5.26 Å². The zero-order valence-corrected chi connectivity index (χ0v) is 11.3. The lowest BCUT2D eigenvalue weighted by Gasteiger charge is -2.15. The summed E-state index contributed by atoms with van der Waals surface area (Å²) in [6.45, 7) is -0.150. The number of carbonyl (C=O) groups excluding carboxylic acids is 2. The van der Waals surface area contributed by atoms with Crippen LogP contribution in [0.2, 0.25) is 0 Å². The molecule has 2 aromatic rings. The fourth-order valence-corrected chi connectivity index (χ4v) is 2.41. The van der Waals surface area contributed by atoms with Crippen LogP contribution in [0.25, 0.3) is 0 Å². The number of hydrogen-bond acceptors (Lipinski definition) is 5. The molecular weight excluding hydrogens is 284 g/mol. The highest BCUT2D eigenvalue weighted by Gasteiger charge is 2.35. The largest absolute Gasteiger partial charge is 0.504 e. The van der Waals surface area contributed by atoms with Gasteiger partial charge in [-0.05, 0) is 23.8 Å². The van der Waals surface area contributed by atoms with Crippen LogP contribution < -0.4 is 0 Å². The minimum atomic E-state index is -0.447. The minimum absolute atomic E-state index is 0.0897. The summed E-state index contributed by atoms with van der Waals surface area (Å²) in [5, 5.41) is 28.0. The van der Waals surface area contributed by atoms with Crippen molar-refractivity contribution in [2.45, 2.75) is 6.54 Å². The third-order valence-corrected chi connectivity index (χ3v) is 3.53. The van der Waals surface area contributed by atoms with Gasteiger partial charge in [-0.2, -0.15) is 5.26 Å². The number of amides is 2. The monoisotopic (exact) mass is 294 g/mol. The van der Waals surface area contributed by atoms with Crippen molar-refractivity contribution in [3.05, 3.63) is 58.7 Å². The molecule has 0 bridgehead atoms. The summed E-state index contributed by atoms with van der Waals surface area (Å²) in [6.07, 6.45) is 0. The second-order valence-corrected chi connectivity index (χ2v) is 4.85. The molecule has 1 aliphatic heterocycles. The van der Waals surface area contributed by atoms with E-state index in [-0.39, 0.29) is 17.7 Å². The quantitative estimate of drug-likeness (QED) is 0.649. The number of phenols is 2. The van der Waals surface area contributed by atoms with E-state index in [1.54, 1.807) is 24.3 Å². The molecule has 1 aliphatic rings. The first-order valence-electron chi connectivity index (χ1n) is 6.43. The summed E-state index contributed by atoms with van der Waals surface area (Å²) < 4.78 is 0. The summed E-state index contributed by atoms with van der Waals surface area (Å²) >= 11 is 0. The molecule has 0 saturated carbocycles. The molecule has 0 atom stereocenters. The van der Waals surface area contributed by atoms with Crippen LogP contribution in [-0.2, 0) is 6.54 Å². The maximum atomic E-state index is 12.3. The van der Waals surface area contributed by atoms with Crippen LogP contribution in [0.3, 0.4) is 0 Å². The number of carbonyl (C=O) groups is 2. The number of rotatable bonds is 2. The van der Waals surface area contributed by atoms with E-state index in [1.807, 2.05) is 6.07 Å². The lowest BCUT2D eigenvalue weighted by molar-refractivity contribution is 0.0642. The van der Waals surface area contributed by atoms with Crippen LogP contribution in [0.5, 0.6) is 11.5 Å². The number of fused-ring (bicyclic) bond motifs is 1. The van der Waals surface area contributed by atoms with Crippen LogP contribution >= 0.6 is 0 Å². The molecule has 2 amide bonds. The Morgan fingerprint density at radius 2 is 1.55 bits per heavy atom. The van der Waals surface area contributed by atoms with Crippen molar-refractivity contribution in [1.29, 1.82) is 5.26 Å². The molecular formula is C16H10N2O4. The molecule has 2 aromatic carbocycles. The Bertz CT molecular complexity index is 817. The predicted octanol–water partition coefficient (Wildman–Crippen LogP) is 1.77. The van der Waals surface area contributed by atoms with Crippen molar-refractivity contribution in [2.24, 2.45) is 0 Å². The van der Waals surface area contributed by atoms with Gasteiger partial charge in [-0.1, -0.05) is 12.1 Å². The van der Waals surface area contributed by atoms with Gasteiger partial charge < -0.3 is 10.2 Å². The summed E-state index contributed by atoms with van der Waals surface area (Å²) in [4.78, 5) is 25.6. The molecule has 108 valence electrons. The van der Waals surface area contributed by atoms with Crippen molar-refractivity contribution in [3.63, 3.8) is 0 Å². The second kappa shape index (κ2) is 4.90. The second-order valence-electron chi connectivity index (χ2n) is 4.85. The Hall–Kier alpha value is -3.33. The van der Waals surface area contributed by atoms with E-state index in [2.05, 4.69) is 0 Å². The van der Waals surface area contributed by atoms with Crippen LogP contribution in [0.4, 0.5) is 0 Å². The summed E-state index contributed by atoms with van der Waals surface area (Å²) in [6, 6.07) is 10.6. The van der Waals surface area contributed by atoms with Gasteiger partial charge in [0.1, 0.15) is 0 Å².